The summed E-state index contributed by atoms with van der Waals surface area (Å²) in [5.41, 5.74) is 7.94. The lowest BCUT2D eigenvalue weighted by Gasteiger charge is -2.21. The first-order valence-corrected chi connectivity index (χ1v) is 12.9. The Labute approximate surface area is 215 Å². The zero-order valence-electron chi connectivity index (χ0n) is 19.5. The van der Waals surface area contributed by atoms with Crippen LogP contribution in [0.2, 0.25) is 5.02 Å². The van der Waals surface area contributed by atoms with Crippen LogP contribution >= 0.6 is 11.6 Å². The quantitative estimate of drug-likeness (QED) is 0.270. The Morgan fingerprint density at radius 3 is 2.49 bits per heavy atom. The minimum atomic E-state index is -3.69. The van der Waals surface area contributed by atoms with E-state index in [4.69, 9.17) is 17.3 Å². The Morgan fingerprint density at radius 2 is 1.86 bits per heavy atom. The number of hydrogen-bond acceptors (Lipinski definition) is 6. The van der Waals surface area contributed by atoms with Crippen LogP contribution in [0, 0.1) is 11.6 Å². The van der Waals surface area contributed by atoms with Gasteiger partial charge in [0, 0.05) is 24.2 Å². The number of sulfonamides is 1. The molecule has 0 spiro atoms. The molecular formula is C23H21ClF2N6O4S. The Balaban J connectivity index is 1.94. The molecule has 4 rings (SSSR count). The highest BCUT2D eigenvalue weighted by atomic mass is 35.5. The molecule has 0 aliphatic carbocycles. The van der Waals surface area contributed by atoms with Gasteiger partial charge in [0.25, 0.3) is 0 Å². The Hall–Kier alpha value is -3.97. The smallest absolute Gasteiger partial charge is 0.405 e. The van der Waals surface area contributed by atoms with Crippen molar-refractivity contribution in [3.63, 3.8) is 0 Å². The highest BCUT2D eigenvalue weighted by molar-refractivity contribution is 7.92. The molecule has 5 N–H and O–H groups in total. The number of nitrogen functional groups attached to an aromatic ring is 1. The van der Waals surface area contributed by atoms with Crippen LogP contribution in [0.1, 0.15) is 17.3 Å². The molecule has 1 unspecified atom stereocenters. The molecule has 0 radical (unpaired) electrons. The maximum Gasteiger partial charge on any atom is 0.405 e. The van der Waals surface area contributed by atoms with Crippen LogP contribution in [0.3, 0.4) is 0 Å². The number of amides is 1. The van der Waals surface area contributed by atoms with E-state index in [1.165, 1.54) is 16.9 Å². The molecule has 194 valence electrons. The molecule has 0 saturated heterocycles. The number of benzene rings is 2. The maximum absolute atomic E-state index is 13.8. The van der Waals surface area contributed by atoms with E-state index in [1.807, 2.05) is 0 Å². The molecule has 0 aliphatic rings. The van der Waals surface area contributed by atoms with Crippen LogP contribution in [0.5, 0.6) is 0 Å². The Morgan fingerprint density at radius 1 is 1.19 bits per heavy atom. The van der Waals surface area contributed by atoms with Crippen LogP contribution < -0.4 is 15.8 Å². The highest BCUT2D eigenvalue weighted by Crippen LogP contribution is 2.40. The first-order chi connectivity index (χ1) is 17.3. The number of pyridine rings is 1. The average molecular weight is 551 g/mol. The van der Waals surface area contributed by atoms with E-state index in [2.05, 4.69) is 20.1 Å². The third kappa shape index (κ3) is 5.73. The van der Waals surface area contributed by atoms with E-state index < -0.39 is 33.8 Å². The second kappa shape index (κ2) is 9.82. The SMILES string of the molecule is Cn1nc(NS(C)(=O)=O)c2c(Cl)ccc(-c3cc(N)cnc3C(Cc3cc(F)cc(F)c3)NC(=O)O)c21. The summed E-state index contributed by atoms with van der Waals surface area (Å²) in [6.45, 7) is 0. The molecule has 2 aromatic heterocycles. The molecule has 1 amide bonds. The number of fused-ring (bicyclic) bond motifs is 1. The van der Waals surface area contributed by atoms with Crippen molar-refractivity contribution in [2.24, 2.45) is 7.05 Å². The summed E-state index contributed by atoms with van der Waals surface area (Å²) in [6, 6.07) is 6.60. The lowest BCUT2D eigenvalue weighted by atomic mass is 9.94. The topological polar surface area (TPSA) is 152 Å². The van der Waals surface area contributed by atoms with Crippen molar-refractivity contribution in [2.75, 3.05) is 16.7 Å². The molecule has 4 aromatic rings. The van der Waals surface area contributed by atoms with Crippen LogP contribution in [-0.2, 0) is 23.5 Å². The molecule has 14 heteroatoms. The summed E-state index contributed by atoms with van der Waals surface area (Å²) >= 11 is 6.41. The fraction of sp³-hybridized carbons (Fsp3) is 0.174. The number of nitrogens with zero attached hydrogens (tertiary/aromatic N) is 3. The molecule has 0 fully saturated rings. The predicted octanol–water partition coefficient (Wildman–Crippen LogP) is 4.07. The molecule has 10 nitrogen and oxygen atoms in total. The number of hydrogen-bond donors (Lipinski definition) is 4. The number of aryl methyl sites for hydroxylation is 1. The van der Waals surface area contributed by atoms with Gasteiger partial charge in [-0.15, -0.1) is 0 Å². The van der Waals surface area contributed by atoms with Crippen molar-refractivity contribution in [2.45, 2.75) is 12.5 Å². The number of rotatable bonds is 7. The zero-order valence-corrected chi connectivity index (χ0v) is 21.0. The molecule has 2 aromatic carbocycles. The van der Waals surface area contributed by atoms with Crippen molar-refractivity contribution in [1.82, 2.24) is 20.1 Å². The largest absolute Gasteiger partial charge is 0.465 e. The average Bonchev–Trinajstić information content (AvgIpc) is 3.07. The number of aromatic nitrogens is 3. The van der Waals surface area contributed by atoms with Gasteiger partial charge in [-0.05, 0) is 36.2 Å². The number of nitrogens with one attached hydrogen (secondary N) is 2. The van der Waals surface area contributed by atoms with Crippen LogP contribution in [0.25, 0.3) is 22.0 Å². The van der Waals surface area contributed by atoms with Crippen molar-refractivity contribution in [3.05, 3.63) is 70.5 Å². The van der Waals surface area contributed by atoms with Crippen molar-refractivity contribution < 1.29 is 27.1 Å². The van der Waals surface area contributed by atoms with E-state index in [0.29, 0.717) is 28.1 Å². The summed E-state index contributed by atoms with van der Waals surface area (Å²) in [6.07, 6.45) is 0.790. The van der Waals surface area contributed by atoms with Gasteiger partial charge in [-0.1, -0.05) is 17.7 Å². The molecule has 37 heavy (non-hydrogen) atoms. The first kappa shape index (κ1) is 26.1. The van der Waals surface area contributed by atoms with E-state index in [-0.39, 0.29) is 34.2 Å². The van der Waals surface area contributed by atoms with Crippen LogP contribution in [0.4, 0.5) is 25.1 Å². The molecule has 1 atom stereocenters. The van der Waals surface area contributed by atoms with Crippen molar-refractivity contribution >= 4 is 50.1 Å². The van der Waals surface area contributed by atoms with Gasteiger partial charge in [0.05, 0.1) is 45.8 Å². The van der Waals surface area contributed by atoms with Crippen LogP contribution in [0.15, 0.2) is 42.6 Å². The number of anilines is 2. The molecule has 0 saturated carbocycles. The molecule has 0 bridgehead atoms. The highest BCUT2D eigenvalue weighted by Gasteiger charge is 2.25. The maximum atomic E-state index is 13.8. The van der Waals surface area contributed by atoms with Gasteiger partial charge < -0.3 is 16.2 Å². The van der Waals surface area contributed by atoms with Crippen LogP contribution in [-0.4, -0.2) is 40.6 Å². The third-order valence-electron chi connectivity index (χ3n) is 5.44. The summed E-state index contributed by atoms with van der Waals surface area (Å²) in [5, 5.41) is 16.6. The molecule has 0 aliphatic heterocycles. The summed E-state index contributed by atoms with van der Waals surface area (Å²) < 4.78 is 55.2. The summed E-state index contributed by atoms with van der Waals surface area (Å²) in [4.78, 5) is 16.0. The van der Waals surface area contributed by atoms with E-state index in [1.54, 1.807) is 19.2 Å². The van der Waals surface area contributed by atoms with E-state index in [9.17, 15) is 27.1 Å². The van der Waals surface area contributed by atoms with Gasteiger partial charge in [0.1, 0.15) is 11.6 Å². The standard InChI is InChI=1S/C23H21ClF2N6O4S/c1-32-21-15(3-4-17(24)19(21)22(30-32)31-37(2,35)36)16-9-14(27)10-28-20(16)18(29-23(33)34)7-11-5-12(25)8-13(26)6-11/h3-6,8-10,18,29H,7,27H2,1-2H3,(H,30,31)(H,33,34). The monoisotopic (exact) mass is 550 g/mol. The Kier molecular flexibility index (Phi) is 6.93. The molecular weight excluding hydrogens is 530 g/mol. The first-order valence-electron chi connectivity index (χ1n) is 10.7. The number of carboxylic acid groups (broad SMARTS) is 1. The van der Waals surface area contributed by atoms with E-state index in [0.717, 1.165) is 18.4 Å². The van der Waals surface area contributed by atoms with Gasteiger partial charge in [0.2, 0.25) is 10.0 Å². The summed E-state index contributed by atoms with van der Waals surface area (Å²) in [7, 11) is -2.11. The predicted molar refractivity (Wildman–Crippen MR) is 136 cm³/mol. The van der Waals surface area contributed by atoms with Crippen molar-refractivity contribution in [1.29, 1.82) is 0 Å². The minimum absolute atomic E-state index is 0.000657. The fourth-order valence-electron chi connectivity index (χ4n) is 4.16. The van der Waals surface area contributed by atoms with Gasteiger partial charge in [-0.25, -0.2) is 22.0 Å². The lowest BCUT2D eigenvalue weighted by molar-refractivity contribution is 0.189. The van der Waals surface area contributed by atoms with Gasteiger partial charge >= 0.3 is 6.09 Å². The lowest BCUT2D eigenvalue weighted by Crippen LogP contribution is -2.29. The zero-order chi connectivity index (χ0) is 27.1. The van der Waals surface area contributed by atoms with Gasteiger partial charge in [-0.2, -0.15) is 5.10 Å². The van der Waals surface area contributed by atoms with Gasteiger partial charge in [-0.3, -0.25) is 14.4 Å². The second-order valence-electron chi connectivity index (χ2n) is 8.35. The number of carbonyl (C=O) groups is 1. The third-order valence-corrected chi connectivity index (χ3v) is 6.32. The minimum Gasteiger partial charge on any atom is -0.465 e. The number of halogens is 3. The van der Waals surface area contributed by atoms with E-state index >= 15 is 0 Å². The Bertz CT molecular complexity index is 1620. The normalized spacial score (nSPS) is 12.5. The fourth-order valence-corrected chi connectivity index (χ4v) is 4.89. The summed E-state index contributed by atoms with van der Waals surface area (Å²) in [5.74, 6) is -1.62. The molecule has 2 heterocycles. The number of nitrogens with two attached hydrogens (primary N) is 1. The van der Waals surface area contributed by atoms with Crippen molar-refractivity contribution in [3.8, 4) is 11.1 Å². The van der Waals surface area contributed by atoms with Gasteiger partial charge in [0.15, 0.2) is 5.82 Å². The second-order valence-corrected chi connectivity index (χ2v) is 10.5.